The molecule has 0 spiro atoms. The molecule has 0 aromatic rings. The standard InChI is InChI=1S/C69H121N2O7P/c1-7-10-13-16-19-22-25-28-30-32-33-34-35-36-37-38-39-40-42-44-47-50-53-56-59-62-69(73)78-67(60-57-54-51-48-45-27-24-21-18-15-12-9-3)66(65-77-79(74,75)76-64-63-71(4,5)6)70-68(72)61-58-55-52-49-46-43-41-31-29-26-23-20-17-14-11-8-2/h10,13,19,22,28,30-31,33-34,36-37,39-41,43,46,57,60,66-67H,7-9,11-12,14-18,20-21,23-27,29,32,35,38,42,44-45,47-56,58-59,61-65H2,1-6H3,(H-,70,72,74,75)/p+1/b13-10-,22-19-,30-28-,34-33-,37-36-,40-39-,41-31+,46-43+,60-57-. The van der Waals surface area contributed by atoms with Gasteiger partial charge in [0.05, 0.1) is 33.8 Å². The third-order valence-corrected chi connectivity index (χ3v) is 14.7. The van der Waals surface area contributed by atoms with Crippen molar-refractivity contribution in [2.75, 3.05) is 40.9 Å². The number of allylic oxidation sites excluding steroid dienone is 17. The van der Waals surface area contributed by atoms with Gasteiger partial charge in [-0.05, 0) is 109 Å². The Balaban J connectivity index is 5.25. The van der Waals surface area contributed by atoms with E-state index in [4.69, 9.17) is 13.8 Å². The summed E-state index contributed by atoms with van der Waals surface area (Å²) >= 11 is 0. The summed E-state index contributed by atoms with van der Waals surface area (Å²) in [6, 6.07) is -0.875. The van der Waals surface area contributed by atoms with Gasteiger partial charge in [0.1, 0.15) is 19.3 Å². The highest BCUT2D eigenvalue weighted by Crippen LogP contribution is 2.43. The van der Waals surface area contributed by atoms with Crippen molar-refractivity contribution in [2.24, 2.45) is 0 Å². The Bertz CT molecular complexity index is 1720. The average molecular weight is 1120 g/mol. The molecular formula is C69H122N2O7P+. The van der Waals surface area contributed by atoms with Crippen molar-refractivity contribution >= 4 is 19.7 Å². The summed E-state index contributed by atoms with van der Waals surface area (Å²) in [6.45, 7) is 6.86. The molecule has 10 heteroatoms. The van der Waals surface area contributed by atoms with Crippen LogP contribution in [0.25, 0.3) is 0 Å². The maximum atomic E-state index is 13.5. The maximum absolute atomic E-state index is 13.5. The van der Waals surface area contributed by atoms with Crippen LogP contribution >= 0.6 is 7.82 Å². The zero-order valence-corrected chi connectivity index (χ0v) is 52.7. The lowest BCUT2D eigenvalue weighted by atomic mass is 10.0. The predicted molar refractivity (Wildman–Crippen MR) is 341 cm³/mol. The molecule has 0 radical (unpaired) electrons. The van der Waals surface area contributed by atoms with E-state index in [0.29, 0.717) is 30.3 Å². The molecule has 0 saturated carbocycles. The highest BCUT2D eigenvalue weighted by molar-refractivity contribution is 7.47. The third-order valence-electron chi connectivity index (χ3n) is 13.7. The first-order valence-corrected chi connectivity index (χ1v) is 33.7. The number of hydrogen-bond donors (Lipinski definition) is 2. The second kappa shape index (κ2) is 57.9. The molecule has 0 aliphatic rings. The van der Waals surface area contributed by atoms with Gasteiger partial charge in [-0.2, -0.15) is 0 Å². The monoisotopic (exact) mass is 1120 g/mol. The normalized spacial score (nSPS) is 14.4. The van der Waals surface area contributed by atoms with Crippen LogP contribution in [0.2, 0.25) is 0 Å². The van der Waals surface area contributed by atoms with Gasteiger partial charge in [0, 0.05) is 12.8 Å². The molecule has 1 amide bonds. The van der Waals surface area contributed by atoms with Crippen molar-refractivity contribution in [3.05, 3.63) is 109 Å². The van der Waals surface area contributed by atoms with Crippen LogP contribution in [0.1, 0.15) is 265 Å². The predicted octanol–water partition coefficient (Wildman–Crippen LogP) is 20.1. The number of carbonyl (C=O) groups excluding carboxylic acids is 2. The third kappa shape index (κ3) is 59.1. The van der Waals surface area contributed by atoms with E-state index in [2.05, 4.69) is 123 Å². The van der Waals surface area contributed by atoms with E-state index in [1.165, 1.54) is 96.3 Å². The van der Waals surface area contributed by atoms with Crippen LogP contribution in [0.3, 0.4) is 0 Å². The fourth-order valence-corrected chi connectivity index (χ4v) is 9.49. The Morgan fingerprint density at radius 2 is 0.848 bits per heavy atom. The molecule has 0 heterocycles. The van der Waals surface area contributed by atoms with Gasteiger partial charge in [-0.15, -0.1) is 0 Å². The second-order valence-electron chi connectivity index (χ2n) is 22.6. The molecule has 0 bridgehead atoms. The number of phosphoric ester groups is 1. The molecule has 0 saturated heterocycles. The molecule has 0 aliphatic carbocycles. The van der Waals surface area contributed by atoms with Crippen molar-refractivity contribution in [3.63, 3.8) is 0 Å². The molecule has 0 aromatic carbocycles. The lowest BCUT2D eigenvalue weighted by molar-refractivity contribution is -0.870. The number of hydrogen-bond acceptors (Lipinski definition) is 6. The summed E-state index contributed by atoms with van der Waals surface area (Å²) in [6.07, 6.45) is 79.5. The minimum absolute atomic E-state index is 0.0275. The lowest BCUT2D eigenvalue weighted by Gasteiger charge is -2.27. The summed E-state index contributed by atoms with van der Waals surface area (Å²) in [4.78, 5) is 37.7. The van der Waals surface area contributed by atoms with Gasteiger partial charge in [0.2, 0.25) is 5.91 Å². The van der Waals surface area contributed by atoms with Crippen LogP contribution in [0.4, 0.5) is 0 Å². The highest BCUT2D eigenvalue weighted by atomic mass is 31.2. The van der Waals surface area contributed by atoms with Crippen LogP contribution in [-0.2, 0) is 27.9 Å². The lowest BCUT2D eigenvalue weighted by Crippen LogP contribution is -2.47. The van der Waals surface area contributed by atoms with E-state index in [1.54, 1.807) is 0 Å². The van der Waals surface area contributed by atoms with Crippen molar-refractivity contribution in [3.8, 4) is 0 Å². The van der Waals surface area contributed by atoms with Crippen LogP contribution in [0.5, 0.6) is 0 Å². The summed E-state index contributed by atoms with van der Waals surface area (Å²) in [7, 11) is 1.46. The quantitative estimate of drug-likeness (QED) is 0.0156. The van der Waals surface area contributed by atoms with Crippen LogP contribution in [0, 0.1) is 0 Å². The minimum Gasteiger partial charge on any atom is -0.456 e. The number of phosphoric acid groups is 1. The summed E-state index contributed by atoms with van der Waals surface area (Å²) in [5.74, 6) is -0.557. The van der Waals surface area contributed by atoms with Crippen molar-refractivity contribution in [1.29, 1.82) is 0 Å². The van der Waals surface area contributed by atoms with Crippen molar-refractivity contribution in [2.45, 2.75) is 277 Å². The molecule has 0 fully saturated rings. The largest absolute Gasteiger partial charge is 0.472 e. The number of nitrogens with one attached hydrogen (secondary N) is 1. The highest BCUT2D eigenvalue weighted by Gasteiger charge is 2.30. The number of likely N-dealkylation sites (N-methyl/N-ethyl adjacent to an activating group) is 1. The average Bonchev–Trinajstić information content (AvgIpc) is 3.41. The molecule has 454 valence electrons. The van der Waals surface area contributed by atoms with Gasteiger partial charge < -0.3 is 19.4 Å². The van der Waals surface area contributed by atoms with E-state index in [1.807, 2.05) is 33.3 Å². The first kappa shape index (κ1) is 75.7. The SMILES string of the molecule is CC/C=C\C/C=C\C/C=C\C/C=C\C/C=C\C/C=C\CCCCCCCCC(=O)OC(/C=C\CCCCCCCCCCCC)C(COP(=O)(O)OCC[N+](C)(C)C)NC(=O)CCCCC/C=C/C=C/CCCCCCCCC. The van der Waals surface area contributed by atoms with Crippen LogP contribution in [-0.4, -0.2) is 74.3 Å². The van der Waals surface area contributed by atoms with Gasteiger partial charge in [0.15, 0.2) is 0 Å². The maximum Gasteiger partial charge on any atom is 0.472 e. The first-order valence-electron chi connectivity index (χ1n) is 32.2. The molecule has 3 atom stereocenters. The Morgan fingerprint density at radius 3 is 1.30 bits per heavy atom. The van der Waals surface area contributed by atoms with Crippen LogP contribution in [0.15, 0.2) is 109 Å². The number of ether oxygens (including phenoxy) is 1. The van der Waals surface area contributed by atoms with E-state index >= 15 is 0 Å². The number of amides is 1. The van der Waals surface area contributed by atoms with Crippen molar-refractivity contribution in [1.82, 2.24) is 5.32 Å². The van der Waals surface area contributed by atoms with E-state index in [0.717, 1.165) is 122 Å². The van der Waals surface area contributed by atoms with Gasteiger partial charge in [-0.25, -0.2) is 4.57 Å². The fourth-order valence-electron chi connectivity index (χ4n) is 8.76. The number of esters is 1. The second-order valence-corrected chi connectivity index (χ2v) is 24.0. The van der Waals surface area contributed by atoms with Gasteiger partial charge in [-0.1, -0.05) is 252 Å². The number of nitrogens with zero attached hydrogens (tertiary/aromatic N) is 1. The number of rotatable bonds is 57. The summed E-state index contributed by atoms with van der Waals surface area (Å²) in [5.41, 5.74) is 0. The zero-order valence-electron chi connectivity index (χ0n) is 51.8. The van der Waals surface area contributed by atoms with Crippen LogP contribution < -0.4 is 5.32 Å². The van der Waals surface area contributed by atoms with Gasteiger partial charge in [-0.3, -0.25) is 18.6 Å². The Hall–Kier alpha value is -3.33. The van der Waals surface area contributed by atoms with Crippen molar-refractivity contribution < 1.29 is 37.3 Å². The molecular weight excluding hydrogens is 1000 g/mol. The topological polar surface area (TPSA) is 111 Å². The zero-order chi connectivity index (χ0) is 57.9. The smallest absolute Gasteiger partial charge is 0.456 e. The Morgan fingerprint density at radius 1 is 0.468 bits per heavy atom. The van der Waals surface area contributed by atoms with E-state index < -0.39 is 20.0 Å². The summed E-state index contributed by atoms with van der Waals surface area (Å²) < 4.78 is 30.7. The molecule has 3 unspecified atom stereocenters. The molecule has 2 N–H and O–H groups in total. The van der Waals surface area contributed by atoms with Gasteiger partial charge in [0.25, 0.3) is 0 Å². The number of unbranched alkanes of at least 4 members (excludes halogenated alkanes) is 26. The molecule has 9 nitrogen and oxygen atoms in total. The molecule has 0 rings (SSSR count). The van der Waals surface area contributed by atoms with Gasteiger partial charge >= 0.3 is 13.8 Å². The summed E-state index contributed by atoms with van der Waals surface area (Å²) in [5, 5.41) is 3.04. The number of quaternary nitrogens is 1. The fraction of sp³-hybridized carbons (Fsp3) is 0.710. The first-order chi connectivity index (χ1) is 38.4. The molecule has 0 aliphatic heterocycles. The number of carbonyl (C=O) groups is 2. The van der Waals surface area contributed by atoms with E-state index in [9.17, 15) is 19.0 Å². The molecule has 0 aromatic heterocycles. The van der Waals surface area contributed by atoms with E-state index in [-0.39, 0.29) is 31.5 Å². The minimum atomic E-state index is -4.47. The Labute approximate surface area is 487 Å². The molecule has 79 heavy (non-hydrogen) atoms. The Kier molecular flexibility index (Phi) is 55.4.